The Labute approximate surface area is 147 Å². The summed E-state index contributed by atoms with van der Waals surface area (Å²) in [6.45, 7) is 6.03. The molecule has 0 amide bonds. The number of rotatable bonds is 4. The van der Waals surface area contributed by atoms with Gasteiger partial charge in [-0.25, -0.2) is 0 Å². The van der Waals surface area contributed by atoms with Gasteiger partial charge in [0, 0.05) is 37.4 Å². The molecule has 0 unspecified atom stereocenters. The molecule has 24 heavy (non-hydrogen) atoms. The lowest BCUT2D eigenvalue weighted by atomic mass is 10.1. The Balaban J connectivity index is 1.52. The Bertz CT molecular complexity index is 707. The number of hydrogen-bond acceptors (Lipinski definition) is 4. The summed E-state index contributed by atoms with van der Waals surface area (Å²) < 4.78 is 5.40. The lowest BCUT2D eigenvalue weighted by Crippen LogP contribution is -2.49. The van der Waals surface area contributed by atoms with E-state index in [1.807, 2.05) is 36.4 Å². The van der Waals surface area contributed by atoms with Crippen LogP contribution in [0.25, 0.3) is 0 Å². The number of anilines is 1. The molecule has 1 N–H and O–H groups in total. The number of Topliss-reactive ketones (excluding diaryl/α,β-unsaturated/α-hetero) is 1. The van der Waals surface area contributed by atoms with Crippen molar-refractivity contribution in [1.82, 2.24) is 9.80 Å². The maximum atomic E-state index is 11.5. The average molecular weight is 343 g/mol. The van der Waals surface area contributed by atoms with Crippen molar-refractivity contribution in [2.75, 3.05) is 31.5 Å². The summed E-state index contributed by atoms with van der Waals surface area (Å²) in [6.07, 6.45) is 1.71. The number of piperazine rings is 1. The monoisotopic (exact) mass is 343 g/mol. The van der Waals surface area contributed by atoms with Crippen molar-refractivity contribution in [3.05, 3.63) is 54.0 Å². The van der Waals surface area contributed by atoms with Crippen LogP contribution in [-0.2, 0) is 6.54 Å². The van der Waals surface area contributed by atoms with Gasteiger partial charge in [0.1, 0.15) is 5.76 Å². The van der Waals surface area contributed by atoms with E-state index in [1.54, 1.807) is 13.2 Å². The second-order valence-corrected chi connectivity index (χ2v) is 6.30. The van der Waals surface area contributed by atoms with E-state index in [2.05, 4.69) is 15.1 Å². The quantitative estimate of drug-likeness (QED) is 0.680. The molecular formula is C18H21N3O2S. The molecule has 2 heterocycles. The SMILES string of the molecule is CC(=O)c1cccc(NC(=S)N2CCN(Cc3ccco3)CC2)c1. The van der Waals surface area contributed by atoms with Crippen molar-refractivity contribution < 1.29 is 9.21 Å². The summed E-state index contributed by atoms with van der Waals surface area (Å²) in [5.74, 6) is 1.04. The van der Waals surface area contributed by atoms with Crippen molar-refractivity contribution in [2.24, 2.45) is 0 Å². The first-order valence-corrected chi connectivity index (χ1v) is 8.44. The van der Waals surface area contributed by atoms with Gasteiger partial charge in [-0.1, -0.05) is 12.1 Å². The number of benzene rings is 1. The number of ketones is 1. The molecule has 1 aliphatic heterocycles. The van der Waals surface area contributed by atoms with Crippen LogP contribution < -0.4 is 5.32 Å². The lowest BCUT2D eigenvalue weighted by Gasteiger charge is -2.35. The van der Waals surface area contributed by atoms with Crippen LogP contribution in [0.15, 0.2) is 47.1 Å². The number of carbonyl (C=O) groups is 1. The van der Waals surface area contributed by atoms with E-state index in [1.165, 1.54) is 0 Å². The maximum Gasteiger partial charge on any atom is 0.173 e. The van der Waals surface area contributed by atoms with Crippen LogP contribution in [0.2, 0.25) is 0 Å². The van der Waals surface area contributed by atoms with Crippen molar-refractivity contribution in [2.45, 2.75) is 13.5 Å². The van der Waals surface area contributed by atoms with E-state index in [0.29, 0.717) is 10.7 Å². The van der Waals surface area contributed by atoms with E-state index in [-0.39, 0.29) is 5.78 Å². The molecule has 1 fully saturated rings. The Kier molecular flexibility index (Phi) is 5.27. The molecule has 0 atom stereocenters. The third kappa shape index (κ3) is 4.21. The smallest absolute Gasteiger partial charge is 0.173 e. The Hall–Kier alpha value is -2.18. The Morgan fingerprint density at radius 3 is 2.67 bits per heavy atom. The molecule has 3 rings (SSSR count). The van der Waals surface area contributed by atoms with Crippen LogP contribution in [0.5, 0.6) is 0 Å². The zero-order valence-corrected chi connectivity index (χ0v) is 14.5. The number of nitrogens with one attached hydrogen (secondary N) is 1. The summed E-state index contributed by atoms with van der Waals surface area (Å²) in [7, 11) is 0. The fraction of sp³-hybridized carbons (Fsp3) is 0.333. The third-order valence-electron chi connectivity index (χ3n) is 4.14. The van der Waals surface area contributed by atoms with Crippen LogP contribution in [0.4, 0.5) is 5.69 Å². The van der Waals surface area contributed by atoms with Gasteiger partial charge in [-0.3, -0.25) is 9.69 Å². The standard InChI is InChI=1S/C18H21N3O2S/c1-14(22)15-4-2-5-16(12-15)19-18(24)21-9-7-20(8-10-21)13-17-6-3-11-23-17/h2-6,11-12H,7-10,13H2,1H3,(H,19,24). The van der Waals surface area contributed by atoms with Gasteiger partial charge in [0.2, 0.25) is 0 Å². The normalized spacial score (nSPS) is 15.3. The van der Waals surface area contributed by atoms with Gasteiger partial charge in [0.25, 0.3) is 0 Å². The minimum absolute atomic E-state index is 0.0520. The van der Waals surface area contributed by atoms with Crippen LogP contribution in [0.1, 0.15) is 23.0 Å². The van der Waals surface area contributed by atoms with Crippen molar-refractivity contribution in [3.8, 4) is 0 Å². The number of furan rings is 1. The number of hydrogen-bond donors (Lipinski definition) is 1. The first kappa shape index (κ1) is 16.7. The fourth-order valence-corrected chi connectivity index (χ4v) is 3.05. The minimum Gasteiger partial charge on any atom is -0.468 e. The summed E-state index contributed by atoms with van der Waals surface area (Å²) in [4.78, 5) is 16.0. The predicted octanol–water partition coefficient (Wildman–Crippen LogP) is 3.00. The van der Waals surface area contributed by atoms with Gasteiger partial charge >= 0.3 is 0 Å². The van der Waals surface area contributed by atoms with E-state index >= 15 is 0 Å². The second kappa shape index (κ2) is 7.59. The molecule has 1 aromatic heterocycles. The highest BCUT2D eigenvalue weighted by Crippen LogP contribution is 2.14. The van der Waals surface area contributed by atoms with Crippen molar-refractivity contribution >= 4 is 28.8 Å². The zero-order chi connectivity index (χ0) is 16.9. The molecule has 0 aliphatic carbocycles. The molecule has 126 valence electrons. The van der Waals surface area contributed by atoms with E-state index < -0.39 is 0 Å². The third-order valence-corrected chi connectivity index (χ3v) is 4.50. The number of thiocarbonyl (C=S) groups is 1. The van der Waals surface area contributed by atoms with E-state index in [0.717, 1.165) is 44.2 Å². The maximum absolute atomic E-state index is 11.5. The summed E-state index contributed by atoms with van der Waals surface area (Å²) in [6, 6.07) is 11.3. The first-order chi connectivity index (χ1) is 11.6. The van der Waals surface area contributed by atoms with Crippen LogP contribution in [0, 0.1) is 0 Å². The lowest BCUT2D eigenvalue weighted by molar-refractivity contribution is 0.101. The van der Waals surface area contributed by atoms with Crippen LogP contribution in [0.3, 0.4) is 0 Å². The first-order valence-electron chi connectivity index (χ1n) is 8.03. The molecule has 1 saturated heterocycles. The molecule has 0 radical (unpaired) electrons. The highest BCUT2D eigenvalue weighted by atomic mass is 32.1. The molecular weight excluding hydrogens is 322 g/mol. The summed E-state index contributed by atoms with van der Waals surface area (Å²) in [5, 5.41) is 3.94. The average Bonchev–Trinajstić information content (AvgIpc) is 3.08. The fourth-order valence-electron chi connectivity index (χ4n) is 2.75. The molecule has 2 aromatic rings. The largest absolute Gasteiger partial charge is 0.468 e. The molecule has 5 nitrogen and oxygen atoms in total. The molecule has 1 aliphatic rings. The molecule has 1 aromatic carbocycles. The highest BCUT2D eigenvalue weighted by molar-refractivity contribution is 7.80. The van der Waals surface area contributed by atoms with Gasteiger partial charge in [-0.2, -0.15) is 0 Å². The van der Waals surface area contributed by atoms with E-state index in [9.17, 15) is 4.79 Å². The minimum atomic E-state index is 0.0520. The zero-order valence-electron chi connectivity index (χ0n) is 13.7. The van der Waals surface area contributed by atoms with Gasteiger partial charge in [0.15, 0.2) is 10.9 Å². The molecule has 0 saturated carbocycles. The topological polar surface area (TPSA) is 48.7 Å². The summed E-state index contributed by atoms with van der Waals surface area (Å²) in [5.41, 5.74) is 1.54. The van der Waals surface area contributed by atoms with Crippen LogP contribution in [-0.4, -0.2) is 46.9 Å². The molecule has 0 bridgehead atoms. The molecule has 0 spiro atoms. The number of carbonyl (C=O) groups excluding carboxylic acids is 1. The Morgan fingerprint density at radius 2 is 2.00 bits per heavy atom. The van der Waals surface area contributed by atoms with Crippen molar-refractivity contribution in [1.29, 1.82) is 0 Å². The Morgan fingerprint density at radius 1 is 1.21 bits per heavy atom. The highest BCUT2D eigenvalue weighted by Gasteiger charge is 2.19. The van der Waals surface area contributed by atoms with Gasteiger partial charge < -0.3 is 14.6 Å². The second-order valence-electron chi connectivity index (χ2n) is 5.91. The van der Waals surface area contributed by atoms with Crippen LogP contribution >= 0.6 is 12.2 Å². The summed E-state index contributed by atoms with van der Waals surface area (Å²) >= 11 is 5.51. The van der Waals surface area contributed by atoms with Gasteiger partial charge in [0.05, 0.1) is 12.8 Å². The number of nitrogens with zero attached hydrogens (tertiary/aromatic N) is 2. The van der Waals surface area contributed by atoms with Gasteiger partial charge in [-0.15, -0.1) is 0 Å². The van der Waals surface area contributed by atoms with Gasteiger partial charge in [-0.05, 0) is 43.4 Å². The predicted molar refractivity (Wildman–Crippen MR) is 98.2 cm³/mol. The van der Waals surface area contributed by atoms with Crippen molar-refractivity contribution in [3.63, 3.8) is 0 Å². The van der Waals surface area contributed by atoms with E-state index in [4.69, 9.17) is 16.6 Å². The molecule has 6 heteroatoms.